The first-order chi connectivity index (χ1) is 15.4. The first kappa shape index (κ1) is 26.2. The van der Waals surface area contributed by atoms with E-state index in [1.54, 1.807) is 0 Å². The van der Waals surface area contributed by atoms with E-state index in [4.69, 9.17) is 4.74 Å². The minimum atomic E-state index is -0.722. The quantitative estimate of drug-likeness (QED) is 0.429. The molecular weight excluding hydrogens is 416 g/mol. The van der Waals surface area contributed by atoms with Crippen LogP contribution < -0.4 is 0 Å². The molecule has 0 amide bonds. The summed E-state index contributed by atoms with van der Waals surface area (Å²) in [5, 5.41) is 10.4. The van der Waals surface area contributed by atoms with Gasteiger partial charge in [-0.15, -0.1) is 0 Å². The van der Waals surface area contributed by atoms with Crippen molar-refractivity contribution in [2.24, 2.45) is 46.3 Å². The summed E-state index contributed by atoms with van der Waals surface area (Å²) in [7, 11) is 0. The van der Waals surface area contributed by atoms with Crippen LogP contribution in [0, 0.1) is 46.3 Å². The van der Waals surface area contributed by atoms with Gasteiger partial charge >= 0.3 is 11.9 Å². The molecule has 0 aromatic carbocycles. The molecule has 0 saturated heterocycles. The standard InChI is InChI=1S/C28H46O5/c1-17(2)8-7-9-18(3)21-10-11-22-25(26(31)32)23(13-15-27(21,22)5)28(6)14-12-20(16-24(28)30)33-19(4)29/h17-18,20-23,25H,7-16H2,1-6H3,(H,31,32)/t18-,20-,21+,22+,23-,25-,27-,28-/m1/s1. The van der Waals surface area contributed by atoms with E-state index in [0.29, 0.717) is 24.7 Å². The monoisotopic (exact) mass is 462 g/mol. The number of carboxylic acid groups (broad SMARTS) is 1. The average molecular weight is 463 g/mol. The highest BCUT2D eigenvalue weighted by atomic mass is 16.5. The third kappa shape index (κ3) is 5.17. The lowest BCUT2D eigenvalue weighted by Crippen LogP contribution is -2.54. The summed E-state index contributed by atoms with van der Waals surface area (Å²) in [6, 6.07) is 0. The molecule has 33 heavy (non-hydrogen) atoms. The largest absolute Gasteiger partial charge is 0.481 e. The molecule has 1 N–H and O–H groups in total. The van der Waals surface area contributed by atoms with Crippen molar-refractivity contribution in [1.29, 1.82) is 0 Å². The first-order valence-electron chi connectivity index (χ1n) is 13.3. The average Bonchev–Trinajstić information content (AvgIpc) is 3.06. The van der Waals surface area contributed by atoms with E-state index in [1.807, 2.05) is 6.92 Å². The van der Waals surface area contributed by atoms with Gasteiger partial charge in [0.15, 0.2) is 0 Å². The molecule has 5 nitrogen and oxygen atoms in total. The second-order valence-electron chi connectivity index (χ2n) is 12.4. The number of aliphatic carboxylic acids is 1. The smallest absolute Gasteiger partial charge is 0.307 e. The number of ketones is 1. The van der Waals surface area contributed by atoms with Crippen LogP contribution in [0.4, 0.5) is 0 Å². The van der Waals surface area contributed by atoms with E-state index in [9.17, 15) is 19.5 Å². The number of fused-ring (bicyclic) bond motifs is 1. The summed E-state index contributed by atoms with van der Waals surface area (Å²) in [6.45, 7) is 12.6. The lowest BCUT2D eigenvalue weighted by molar-refractivity contribution is -0.165. The molecule has 5 heteroatoms. The molecule has 3 aliphatic rings. The maximum absolute atomic E-state index is 13.3. The number of rotatable bonds is 8. The maximum atomic E-state index is 13.3. The predicted molar refractivity (Wildman–Crippen MR) is 129 cm³/mol. The van der Waals surface area contributed by atoms with Gasteiger partial charge < -0.3 is 9.84 Å². The van der Waals surface area contributed by atoms with Crippen LogP contribution in [0.15, 0.2) is 0 Å². The lowest BCUT2D eigenvalue weighted by atomic mass is 9.50. The Morgan fingerprint density at radius 3 is 2.30 bits per heavy atom. The Morgan fingerprint density at radius 2 is 1.73 bits per heavy atom. The van der Waals surface area contributed by atoms with Crippen LogP contribution in [0.3, 0.4) is 0 Å². The van der Waals surface area contributed by atoms with Gasteiger partial charge in [-0.25, -0.2) is 0 Å². The van der Waals surface area contributed by atoms with Gasteiger partial charge in [0.2, 0.25) is 0 Å². The van der Waals surface area contributed by atoms with Crippen molar-refractivity contribution in [3.63, 3.8) is 0 Å². The fourth-order valence-corrected chi connectivity index (χ4v) is 8.09. The van der Waals surface area contributed by atoms with Crippen LogP contribution in [-0.4, -0.2) is 28.9 Å². The Labute approximate surface area is 200 Å². The molecule has 0 aliphatic heterocycles. The number of hydrogen-bond acceptors (Lipinski definition) is 4. The van der Waals surface area contributed by atoms with E-state index in [1.165, 1.54) is 26.2 Å². The molecule has 3 aliphatic carbocycles. The number of ether oxygens (including phenoxy) is 1. The molecule has 0 spiro atoms. The molecule has 0 unspecified atom stereocenters. The van der Waals surface area contributed by atoms with E-state index in [0.717, 1.165) is 31.6 Å². The van der Waals surface area contributed by atoms with Crippen LogP contribution in [0.5, 0.6) is 0 Å². The Kier molecular flexibility index (Phi) is 8.01. The Morgan fingerprint density at radius 1 is 1.03 bits per heavy atom. The van der Waals surface area contributed by atoms with Crippen molar-refractivity contribution in [3.8, 4) is 0 Å². The van der Waals surface area contributed by atoms with Gasteiger partial charge in [-0.2, -0.15) is 0 Å². The fraction of sp³-hybridized carbons (Fsp3) is 0.893. The van der Waals surface area contributed by atoms with Crippen LogP contribution in [-0.2, 0) is 19.1 Å². The van der Waals surface area contributed by atoms with E-state index >= 15 is 0 Å². The molecule has 0 aromatic rings. The number of Topliss-reactive ketones (excluding diaryl/α,β-unsaturated/α-hetero) is 1. The first-order valence-corrected chi connectivity index (χ1v) is 13.3. The molecule has 3 fully saturated rings. The van der Waals surface area contributed by atoms with Gasteiger partial charge in [0.1, 0.15) is 11.9 Å². The highest BCUT2D eigenvalue weighted by Gasteiger charge is 2.61. The summed E-state index contributed by atoms with van der Waals surface area (Å²) in [5.74, 6) is 0.461. The minimum absolute atomic E-state index is 0.0468. The maximum Gasteiger partial charge on any atom is 0.307 e. The van der Waals surface area contributed by atoms with Crippen molar-refractivity contribution < 1.29 is 24.2 Å². The van der Waals surface area contributed by atoms with E-state index in [2.05, 4.69) is 27.7 Å². The highest BCUT2D eigenvalue weighted by molar-refractivity contribution is 5.87. The van der Waals surface area contributed by atoms with Gasteiger partial charge in [0, 0.05) is 18.8 Å². The number of hydrogen-bond donors (Lipinski definition) is 1. The Hall–Kier alpha value is -1.39. The molecule has 0 bridgehead atoms. The SMILES string of the molecule is CC(=O)O[C@@H]1CC[C@](C)([C@@H]2CC[C@@]3(C)[C@@H](CC[C@H]3[C@H](C)CCCC(C)C)[C@H]2C(=O)O)C(=O)C1. The van der Waals surface area contributed by atoms with Crippen molar-refractivity contribution in [2.45, 2.75) is 112 Å². The minimum Gasteiger partial charge on any atom is -0.481 e. The lowest BCUT2D eigenvalue weighted by Gasteiger charge is -2.53. The zero-order chi connectivity index (χ0) is 24.6. The molecule has 8 atom stereocenters. The van der Waals surface area contributed by atoms with Crippen LogP contribution in [0.25, 0.3) is 0 Å². The normalized spacial score (nSPS) is 39.8. The van der Waals surface area contributed by atoms with Crippen LogP contribution in [0.1, 0.15) is 106 Å². The number of esters is 1. The van der Waals surface area contributed by atoms with Crippen molar-refractivity contribution in [1.82, 2.24) is 0 Å². The van der Waals surface area contributed by atoms with Crippen LogP contribution >= 0.6 is 0 Å². The zero-order valence-electron chi connectivity index (χ0n) is 21.7. The van der Waals surface area contributed by atoms with Gasteiger partial charge in [0.25, 0.3) is 0 Å². The Bertz CT molecular complexity index is 745. The van der Waals surface area contributed by atoms with E-state index < -0.39 is 17.3 Å². The third-order valence-electron chi connectivity index (χ3n) is 9.94. The van der Waals surface area contributed by atoms with E-state index in [-0.39, 0.29) is 41.5 Å². The molecule has 3 saturated carbocycles. The van der Waals surface area contributed by atoms with Crippen molar-refractivity contribution >= 4 is 17.7 Å². The third-order valence-corrected chi connectivity index (χ3v) is 9.94. The summed E-state index contributed by atoms with van der Waals surface area (Å²) in [6.07, 6.45) is 8.73. The molecule has 0 radical (unpaired) electrons. The Balaban J connectivity index is 1.77. The molecule has 0 heterocycles. The second kappa shape index (κ2) is 10.1. The van der Waals surface area contributed by atoms with Gasteiger partial charge in [-0.05, 0) is 73.5 Å². The van der Waals surface area contributed by atoms with Crippen molar-refractivity contribution in [2.75, 3.05) is 0 Å². The molecule has 3 rings (SSSR count). The molecule has 188 valence electrons. The summed E-state index contributed by atoms with van der Waals surface area (Å²) in [4.78, 5) is 37.4. The summed E-state index contributed by atoms with van der Waals surface area (Å²) < 4.78 is 5.31. The zero-order valence-corrected chi connectivity index (χ0v) is 21.7. The second-order valence-corrected chi connectivity index (χ2v) is 12.4. The van der Waals surface area contributed by atoms with Gasteiger partial charge in [0.05, 0.1) is 5.92 Å². The topological polar surface area (TPSA) is 80.7 Å². The molecule has 0 aromatic heterocycles. The number of carboxylic acids is 1. The predicted octanol–water partition coefficient (Wildman–Crippen LogP) is 6.28. The number of carbonyl (C=O) groups excluding carboxylic acids is 2. The molecular formula is C28H46O5. The highest BCUT2D eigenvalue weighted by Crippen LogP contribution is 2.64. The number of carbonyl (C=O) groups is 3. The van der Waals surface area contributed by atoms with Crippen molar-refractivity contribution in [3.05, 3.63) is 0 Å². The van der Waals surface area contributed by atoms with Crippen LogP contribution in [0.2, 0.25) is 0 Å². The van der Waals surface area contributed by atoms with Gasteiger partial charge in [-0.3, -0.25) is 14.4 Å². The van der Waals surface area contributed by atoms with Gasteiger partial charge in [-0.1, -0.05) is 53.9 Å². The fourth-order valence-electron chi connectivity index (χ4n) is 8.09. The summed E-state index contributed by atoms with van der Waals surface area (Å²) in [5.41, 5.74) is -0.590. The summed E-state index contributed by atoms with van der Waals surface area (Å²) >= 11 is 0.